The molecule has 0 aliphatic rings. The van der Waals surface area contributed by atoms with Crippen molar-refractivity contribution in [2.24, 2.45) is 0 Å². The van der Waals surface area contributed by atoms with Crippen LogP contribution in [0.3, 0.4) is 0 Å². The summed E-state index contributed by atoms with van der Waals surface area (Å²) in [7, 11) is 1.58. The maximum absolute atomic E-state index is 14.3. The van der Waals surface area contributed by atoms with Crippen molar-refractivity contribution in [3.63, 3.8) is 0 Å². The normalized spacial score (nSPS) is 10.4. The molecule has 5 nitrogen and oxygen atoms in total. The van der Waals surface area contributed by atoms with Gasteiger partial charge in [0.05, 0.1) is 12.8 Å². The molecule has 0 bridgehead atoms. The zero-order chi connectivity index (χ0) is 19.1. The van der Waals surface area contributed by atoms with Gasteiger partial charge in [-0.3, -0.25) is 9.78 Å². The first-order valence-corrected chi connectivity index (χ1v) is 8.38. The molecule has 138 valence electrons. The predicted molar refractivity (Wildman–Crippen MR) is 99.0 cm³/mol. The van der Waals surface area contributed by atoms with Gasteiger partial charge in [-0.2, -0.15) is 0 Å². The summed E-state index contributed by atoms with van der Waals surface area (Å²) in [5.41, 5.74) is 1.96. The molecule has 1 amide bonds. The Hall–Kier alpha value is -3.25. The van der Waals surface area contributed by atoms with Gasteiger partial charge in [-0.05, 0) is 41.5 Å². The smallest absolute Gasteiger partial charge is 0.251 e. The fourth-order valence-electron chi connectivity index (χ4n) is 2.57. The number of ether oxygens (including phenoxy) is 2. The minimum absolute atomic E-state index is 0.100. The molecule has 0 spiro atoms. The summed E-state index contributed by atoms with van der Waals surface area (Å²) in [4.78, 5) is 16.3. The summed E-state index contributed by atoms with van der Waals surface area (Å²) in [6.45, 7) is 0.544. The van der Waals surface area contributed by atoms with E-state index < -0.39 is 5.82 Å². The van der Waals surface area contributed by atoms with Crippen LogP contribution in [0, 0.1) is 5.82 Å². The van der Waals surface area contributed by atoms with Gasteiger partial charge in [0.2, 0.25) is 0 Å². The van der Waals surface area contributed by atoms with Crippen molar-refractivity contribution in [1.82, 2.24) is 10.3 Å². The fraction of sp³-hybridized carbons (Fsp3) is 0.143. The number of hydrogen-bond acceptors (Lipinski definition) is 4. The number of aromatic nitrogens is 1. The van der Waals surface area contributed by atoms with Crippen LogP contribution in [0.1, 0.15) is 21.5 Å². The third-order valence-corrected chi connectivity index (χ3v) is 3.87. The predicted octanol–water partition coefficient (Wildman–Crippen LogP) is 4.09. The number of hydrogen-bond donors (Lipinski definition) is 1. The number of nitrogens with zero attached hydrogens (tertiary/aromatic N) is 1. The molecule has 1 N–H and O–H groups in total. The van der Waals surface area contributed by atoms with Crippen molar-refractivity contribution < 1.29 is 18.7 Å². The Morgan fingerprint density at radius 3 is 2.74 bits per heavy atom. The zero-order valence-electron chi connectivity index (χ0n) is 14.8. The number of rotatable bonds is 7. The SMILES string of the molecule is COCc1ccccc1C(=O)NCc1ccc(Oc2cccnc2)c(F)c1. The van der Waals surface area contributed by atoms with Crippen LogP contribution in [0.5, 0.6) is 11.5 Å². The van der Waals surface area contributed by atoms with E-state index in [-0.39, 0.29) is 18.2 Å². The van der Waals surface area contributed by atoms with Gasteiger partial charge in [-0.15, -0.1) is 0 Å². The van der Waals surface area contributed by atoms with Crippen molar-refractivity contribution in [3.8, 4) is 11.5 Å². The number of halogens is 1. The standard InChI is InChI=1S/C21H19FN2O3/c1-26-14-16-5-2-3-7-18(16)21(25)24-12-15-8-9-20(19(22)11-15)27-17-6-4-10-23-13-17/h2-11,13H,12,14H2,1H3,(H,24,25). The summed E-state index contributed by atoms with van der Waals surface area (Å²) >= 11 is 0. The largest absolute Gasteiger partial charge is 0.453 e. The van der Waals surface area contributed by atoms with E-state index in [9.17, 15) is 9.18 Å². The van der Waals surface area contributed by atoms with Crippen molar-refractivity contribution in [1.29, 1.82) is 0 Å². The molecule has 3 rings (SSSR count). The first-order valence-electron chi connectivity index (χ1n) is 8.38. The maximum Gasteiger partial charge on any atom is 0.251 e. The summed E-state index contributed by atoms with van der Waals surface area (Å²) in [5.74, 6) is -0.195. The topological polar surface area (TPSA) is 60.5 Å². The molecule has 3 aromatic rings. The molecule has 0 atom stereocenters. The molecular formula is C21H19FN2O3. The van der Waals surface area contributed by atoms with E-state index in [0.717, 1.165) is 5.56 Å². The second-order valence-electron chi connectivity index (χ2n) is 5.83. The lowest BCUT2D eigenvalue weighted by Gasteiger charge is -2.11. The second kappa shape index (κ2) is 8.91. The molecule has 1 heterocycles. The maximum atomic E-state index is 14.3. The number of pyridine rings is 1. The van der Waals surface area contributed by atoms with Crippen LogP contribution >= 0.6 is 0 Å². The molecule has 0 aliphatic heterocycles. The van der Waals surface area contributed by atoms with Gasteiger partial charge < -0.3 is 14.8 Å². The summed E-state index contributed by atoms with van der Waals surface area (Å²) in [5, 5.41) is 2.80. The Balaban J connectivity index is 1.65. The third-order valence-electron chi connectivity index (χ3n) is 3.87. The minimum atomic E-state index is -0.509. The highest BCUT2D eigenvalue weighted by atomic mass is 19.1. The van der Waals surface area contributed by atoms with Gasteiger partial charge in [-0.25, -0.2) is 4.39 Å². The first kappa shape index (κ1) is 18.5. The fourth-order valence-corrected chi connectivity index (χ4v) is 2.57. The van der Waals surface area contributed by atoms with Crippen LogP contribution in [-0.2, 0) is 17.9 Å². The number of nitrogens with one attached hydrogen (secondary N) is 1. The van der Waals surface area contributed by atoms with Crippen LogP contribution in [0.2, 0.25) is 0 Å². The van der Waals surface area contributed by atoms with Gasteiger partial charge in [0.1, 0.15) is 5.75 Å². The molecule has 0 radical (unpaired) electrons. The van der Waals surface area contributed by atoms with Gasteiger partial charge in [0.25, 0.3) is 5.91 Å². The van der Waals surface area contributed by atoms with Crippen LogP contribution in [0.4, 0.5) is 4.39 Å². The Labute approximate surface area is 156 Å². The molecule has 1 aromatic heterocycles. The van der Waals surface area contributed by atoms with Gasteiger partial charge in [0.15, 0.2) is 11.6 Å². The third kappa shape index (κ3) is 4.89. The number of carbonyl (C=O) groups is 1. The van der Waals surface area contributed by atoms with E-state index >= 15 is 0 Å². The van der Waals surface area contributed by atoms with E-state index in [2.05, 4.69) is 10.3 Å². The van der Waals surface area contributed by atoms with Crippen LogP contribution < -0.4 is 10.1 Å². The highest BCUT2D eigenvalue weighted by Gasteiger charge is 2.11. The average Bonchev–Trinajstić information content (AvgIpc) is 2.69. The van der Waals surface area contributed by atoms with Crippen LogP contribution in [0.25, 0.3) is 0 Å². The lowest BCUT2D eigenvalue weighted by atomic mass is 10.1. The van der Waals surface area contributed by atoms with Crippen molar-refractivity contribution in [3.05, 3.63) is 89.5 Å². The molecule has 0 aliphatic carbocycles. The minimum Gasteiger partial charge on any atom is -0.453 e. The van der Waals surface area contributed by atoms with Crippen molar-refractivity contribution in [2.75, 3.05) is 7.11 Å². The second-order valence-corrected chi connectivity index (χ2v) is 5.83. The number of amides is 1. The molecule has 0 unspecified atom stereocenters. The Morgan fingerprint density at radius 2 is 2.00 bits per heavy atom. The molecule has 6 heteroatoms. The molecule has 0 saturated carbocycles. The molecular weight excluding hydrogens is 347 g/mol. The van der Waals surface area contributed by atoms with Gasteiger partial charge in [0, 0.05) is 25.4 Å². The lowest BCUT2D eigenvalue weighted by molar-refractivity contribution is 0.0946. The summed E-state index contributed by atoms with van der Waals surface area (Å²) in [6.07, 6.45) is 3.12. The van der Waals surface area contributed by atoms with Crippen LogP contribution in [0.15, 0.2) is 67.0 Å². The summed E-state index contributed by atoms with van der Waals surface area (Å²) < 4.78 is 24.8. The Morgan fingerprint density at radius 1 is 1.15 bits per heavy atom. The number of carbonyl (C=O) groups excluding carboxylic acids is 1. The summed E-state index contributed by atoms with van der Waals surface area (Å²) in [6, 6.07) is 15.2. The lowest BCUT2D eigenvalue weighted by Crippen LogP contribution is -2.24. The van der Waals surface area contributed by atoms with Crippen LogP contribution in [-0.4, -0.2) is 18.0 Å². The molecule has 27 heavy (non-hydrogen) atoms. The van der Waals surface area contributed by atoms with E-state index in [4.69, 9.17) is 9.47 Å². The van der Waals surface area contributed by atoms with Gasteiger partial charge in [-0.1, -0.05) is 24.3 Å². The zero-order valence-corrected chi connectivity index (χ0v) is 14.8. The van der Waals surface area contributed by atoms with E-state index in [1.165, 1.54) is 18.3 Å². The van der Waals surface area contributed by atoms with E-state index in [1.54, 1.807) is 43.6 Å². The van der Waals surface area contributed by atoms with Crippen molar-refractivity contribution >= 4 is 5.91 Å². The van der Waals surface area contributed by atoms with Gasteiger partial charge >= 0.3 is 0 Å². The Kier molecular flexibility index (Phi) is 6.12. The molecule has 0 saturated heterocycles. The monoisotopic (exact) mass is 366 g/mol. The Bertz CT molecular complexity index is 916. The molecule has 0 fully saturated rings. The average molecular weight is 366 g/mol. The highest BCUT2D eigenvalue weighted by molar-refractivity contribution is 5.95. The highest BCUT2D eigenvalue weighted by Crippen LogP contribution is 2.24. The van der Waals surface area contributed by atoms with Crippen molar-refractivity contribution in [2.45, 2.75) is 13.2 Å². The quantitative estimate of drug-likeness (QED) is 0.684. The van der Waals surface area contributed by atoms with E-state index in [1.807, 2.05) is 12.1 Å². The first-order chi connectivity index (χ1) is 13.2. The number of methoxy groups -OCH3 is 1. The number of benzene rings is 2. The van der Waals surface area contributed by atoms with E-state index in [0.29, 0.717) is 23.5 Å². The molecule has 2 aromatic carbocycles.